The predicted molar refractivity (Wildman–Crippen MR) is 80.8 cm³/mol. The van der Waals surface area contributed by atoms with E-state index in [1.807, 2.05) is 36.1 Å². The molecular formula is C14H19ClN2OS. The molecule has 5 heteroatoms. The molecule has 1 amide bonds. The molecule has 1 saturated heterocycles. The summed E-state index contributed by atoms with van der Waals surface area (Å²) in [5.74, 6) is 0.230. The lowest BCUT2D eigenvalue weighted by molar-refractivity contribution is -0.131. The van der Waals surface area contributed by atoms with Crippen LogP contribution in [0.3, 0.4) is 0 Å². The van der Waals surface area contributed by atoms with Crippen molar-refractivity contribution in [1.82, 2.24) is 9.80 Å². The van der Waals surface area contributed by atoms with E-state index >= 15 is 0 Å². The largest absolute Gasteiger partial charge is 0.339 e. The number of nitrogens with zero attached hydrogens (tertiary/aromatic N) is 2. The molecule has 0 radical (unpaired) electrons. The number of amides is 1. The predicted octanol–water partition coefficient (Wildman–Crippen LogP) is 2.59. The van der Waals surface area contributed by atoms with Crippen LogP contribution in [0.5, 0.6) is 0 Å². The van der Waals surface area contributed by atoms with Crippen LogP contribution in [-0.4, -0.2) is 54.2 Å². The van der Waals surface area contributed by atoms with Gasteiger partial charge in [0.1, 0.15) is 0 Å². The highest BCUT2D eigenvalue weighted by Crippen LogP contribution is 2.26. The van der Waals surface area contributed by atoms with Gasteiger partial charge in [-0.2, -0.15) is 0 Å². The summed E-state index contributed by atoms with van der Waals surface area (Å²) in [5, 5.41) is 0.673. The van der Waals surface area contributed by atoms with Crippen LogP contribution in [0.1, 0.15) is 6.92 Å². The zero-order valence-corrected chi connectivity index (χ0v) is 12.9. The molecular weight excluding hydrogens is 280 g/mol. The quantitative estimate of drug-likeness (QED) is 0.802. The van der Waals surface area contributed by atoms with Crippen molar-refractivity contribution in [2.45, 2.75) is 17.1 Å². The topological polar surface area (TPSA) is 23.6 Å². The van der Waals surface area contributed by atoms with E-state index in [2.05, 4.69) is 11.9 Å². The first kappa shape index (κ1) is 14.7. The van der Waals surface area contributed by atoms with Gasteiger partial charge in [-0.25, -0.2) is 0 Å². The first-order valence-corrected chi connectivity index (χ1v) is 7.71. The molecule has 0 spiro atoms. The highest BCUT2D eigenvalue weighted by Gasteiger charge is 2.24. The lowest BCUT2D eigenvalue weighted by atomic mass is 10.3. The maximum Gasteiger partial charge on any atom is 0.235 e. The van der Waals surface area contributed by atoms with Gasteiger partial charge in [-0.3, -0.25) is 4.79 Å². The Kier molecular flexibility index (Phi) is 5.13. The van der Waals surface area contributed by atoms with Crippen LogP contribution in [0.15, 0.2) is 29.2 Å². The van der Waals surface area contributed by atoms with Crippen molar-refractivity contribution in [2.24, 2.45) is 0 Å². The summed E-state index contributed by atoms with van der Waals surface area (Å²) in [4.78, 5) is 17.6. The highest BCUT2D eigenvalue weighted by molar-refractivity contribution is 8.00. The third-order valence-corrected chi connectivity index (χ3v) is 4.64. The maximum atomic E-state index is 12.3. The Bertz CT molecular complexity index is 430. The zero-order valence-electron chi connectivity index (χ0n) is 11.3. The number of thioether (sulfide) groups is 1. The van der Waals surface area contributed by atoms with E-state index in [4.69, 9.17) is 11.6 Å². The molecule has 1 aliphatic rings. The number of likely N-dealkylation sites (N-methyl/N-ethyl adjacent to an activating group) is 1. The summed E-state index contributed by atoms with van der Waals surface area (Å²) in [6.45, 7) is 5.57. The molecule has 0 aliphatic carbocycles. The molecule has 1 atom stereocenters. The molecule has 0 saturated carbocycles. The fraction of sp³-hybridized carbons (Fsp3) is 0.500. The number of rotatable bonds is 3. The van der Waals surface area contributed by atoms with Crippen LogP contribution in [0, 0.1) is 0 Å². The number of carbonyl (C=O) groups excluding carboxylic acids is 1. The second-order valence-corrected chi connectivity index (χ2v) is 6.69. The summed E-state index contributed by atoms with van der Waals surface area (Å²) in [5.41, 5.74) is 0. The van der Waals surface area contributed by atoms with Gasteiger partial charge < -0.3 is 9.80 Å². The van der Waals surface area contributed by atoms with Gasteiger partial charge in [0.05, 0.1) is 5.25 Å². The molecule has 1 aromatic rings. The van der Waals surface area contributed by atoms with Crippen molar-refractivity contribution < 1.29 is 4.79 Å². The Morgan fingerprint density at radius 3 is 2.37 bits per heavy atom. The second kappa shape index (κ2) is 6.64. The molecule has 0 unspecified atom stereocenters. The third kappa shape index (κ3) is 4.13. The van der Waals surface area contributed by atoms with Crippen molar-refractivity contribution in [3.8, 4) is 0 Å². The fourth-order valence-electron chi connectivity index (χ4n) is 2.05. The van der Waals surface area contributed by atoms with E-state index in [1.165, 1.54) is 0 Å². The molecule has 0 N–H and O–H groups in total. The molecule has 0 aromatic heterocycles. The first-order chi connectivity index (χ1) is 9.06. The lowest BCUT2D eigenvalue weighted by Crippen LogP contribution is -2.49. The number of benzene rings is 1. The van der Waals surface area contributed by atoms with E-state index in [1.54, 1.807) is 11.8 Å². The van der Waals surface area contributed by atoms with Crippen LogP contribution in [0.2, 0.25) is 5.02 Å². The molecule has 0 bridgehead atoms. The lowest BCUT2D eigenvalue weighted by Gasteiger charge is -2.33. The number of piperazine rings is 1. The summed E-state index contributed by atoms with van der Waals surface area (Å²) in [6.07, 6.45) is 0. The monoisotopic (exact) mass is 298 g/mol. The summed E-state index contributed by atoms with van der Waals surface area (Å²) in [6, 6.07) is 7.63. The van der Waals surface area contributed by atoms with E-state index in [-0.39, 0.29) is 11.2 Å². The summed E-state index contributed by atoms with van der Waals surface area (Å²) < 4.78 is 0. The van der Waals surface area contributed by atoms with Crippen molar-refractivity contribution >= 4 is 29.3 Å². The molecule has 1 aliphatic heterocycles. The van der Waals surface area contributed by atoms with Gasteiger partial charge in [-0.15, -0.1) is 11.8 Å². The van der Waals surface area contributed by atoms with Gasteiger partial charge in [0.25, 0.3) is 0 Å². The minimum Gasteiger partial charge on any atom is -0.339 e. The Hall–Kier alpha value is -0.710. The zero-order chi connectivity index (χ0) is 13.8. The van der Waals surface area contributed by atoms with E-state index in [0.717, 1.165) is 36.1 Å². The number of halogens is 1. The van der Waals surface area contributed by atoms with Gasteiger partial charge in [-0.1, -0.05) is 11.6 Å². The van der Waals surface area contributed by atoms with Crippen LogP contribution >= 0.6 is 23.4 Å². The molecule has 2 rings (SSSR count). The number of carbonyl (C=O) groups is 1. The van der Waals surface area contributed by atoms with E-state index in [0.29, 0.717) is 0 Å². The van der Waals surface area contributed by atoms with Crippen molar-refractivity contribution in [3.63, 3.8) is 0 Å². The highest BCUT2D eigenvalue weighted by atomic mass is 35.5. The van der Waals surface area contributed by atoms with Crippen LogP contribution in [0.25, 0.3) is 0 Å². The van der Waals surface area contributed by atoms with Gasteiger partial charge in [0.15, 0.2) is 0 Å². The van der Waals surface area contributed by atoms with Gasteiger partial charge in [-0.05, 0) is 38.2 Å². The third-order valence-electron chi connectivity index (χ3n) is 3.29. The molecule has 19 heavy (non-hydrogen) atoms. The minimum atomic E-state index is -0.0513. The Morgan fingerprint density at radius 1 is 1.21 bits per heavy atom. The molecule has 1 aromatic carbocycles. The smallest absolute Gasteiger partial charge is 0.235 e. The van der Waals surface area contributed by atoms with E-state index in [9.17, 15) is 4.79 Å². The standard InChI is InChI=1S/C14H19ClN2OS/c1-11(19-13-5-3-12(15)4-6-13)14(18)17-9-7-16(2)8-10-17/h3-6,11H,7-10H2,1-2H3/t11-/m1/s1. The Labute approximate surface area is 123 Å². The minimum absolute atomic E-state index is 0.0513. The Balaban J connectivity index is 1.90. The van der Waals surface area contributed by atoms with Crippen LogP contribution in [-0.2, 0) is 4.79 Å². The van der Waals surface area contributed by atoms with Crippen molar-refractivity contribution in [2.75, 3.05) is 33.2 Å². The van der Waals surface area contributed by atoms with Gasteiger partial charge >= 0.3 is 0 Å². The summed E-state index contributed by atoms with van der Waals surface area (Å²) in [7, 11) is 2.09. The van der Waals surface area contributed by atoms with Crippen LogP contribution in [0.4, 0.5) is 0 Å². The normalized spacial score (nSPS) is 18.4. The molecule has 1 fully saturated rings. The summed E-state index contributed by atoms with van der Waals surface area (Å²) >= 11 is 7.45. The average Bonchev–Trinajstić information content (AvgIpc) is 2.41. The van der Waals surface area contributed by atoms with Gasteiger partial charge in [0, 0.05) is 36.1 Å². The first-order valence-electron chi connectivity index (χ1n) is 6.46. The Morgan fingerprint density at radius 2 is 1.79 bits per heavy atom. The maximum absolute atomic E-state index is 12.3. The molecule has 1 heterocycles. The number of hydrogen-bond donors (Lipinski definition) is 0. The average molecular weight is 299 g/mol. The second-order valence-electron chi connectivity index (χ2n) is 4.84. The van der Waals surface area contributed by atoms with Crippen molar-refractivity contribution in [3.05, 3.63) is 29.3 Å². The van der Waals surface area contributed by atoms with Gasteiger partial charge in [0.2, 0.25) is 5.91 Å². The SMILES string of the molecule is C[C@@H](Sc1ccc(Cl)cc1)C(=O)N1CCN(C)CC1. The molecule has 104 valence electrons. The number of hydrogen-bond acceptors (Lipinski definition) is 3. The fourth-order valence-corrected chi connectivity index (χ4v) is 3.13. The van der Waals surface area contributed by atoms with Crippen LogP contribution < -0.4 is 0 Å². The van der Waals surface area contributed by atoms with Crippen molar-refractivity contribution in [1.29, 1.82) is 0 Å². The van der Waals surface area contributed by atoms with E-state index < -0.39 is 0 Å². The molecule has 3 nitrogen and oxygen atoms in total.